The predicted octanol–water partition coefficient (Wildman–Crippen LogP) is 9.73. The van der Waals surface area contributed by atoms with E-state index in [1.807, 2.05) is 0 Å². The van der Waals surface area contributed by atoms with Crippen molar-refractivity contribution in [1.82, 2.24) is 0 Å². The zero-order valence-electron chi connectivity index (χ0n) is 24.4. The number of carbonyl (C=O) groups is 2. The van der Waals surface area contributed by atoms with E-state index in [0.717, 1.165) is 50.4 Å². The summed E-state index contributed by atoms with van der Waals surface area (Å²) in [5.41, 5.74) is 0. The van der Waals surface area contributed by atoms with Crippen LogP contribution in [0.25, 0.3) is 0 Å². The van der Waals surface area contributed by atoms with E-state index in [2.05, 4.69) is 27.7 Å². The summed E-state index contributed by atoms with van der Waals surface area (Å²) in [6.07, 6.45) is 24.1. The Morgan fingerprint density at radius 2 is 0.972 bits per heavy atom. The first-order chi connectivity index (χ1) is 17.3. The molecule has 1 saturated carbocycles. The fourth-order valence-corrected chi connectivity index (χ4v) is 5.66. The van der Waals surface area contributed by atoms with Gasteiger partial charge in [0.15, 0.2) is 0 Å². The Kier molecular flexibility index (Phi) is 19.2. The molecule has 0 aromatic rings. The Hall–Kier alpha value is -1.06. The molecule has 1 aliphatic carbocycles. The Morgan fingerprint density at radius 1 is 0.611 bits per heavy atom. The molecule has 1 rings (SSSR count). The van der Waals surface area contributed by atoms with Crippen molar-refractivity contribution in [3.63, 3.8) is 0 Å². The summed E-state index contributed by atoms with van der Waals surface area (Å²) in [5.74, 6) is -0.485. The van der Waals surface area contributed by atoms with E-state index in [0.29, 0.717) is 12.8 Å². The second kappa shape index (κ2) is 20.9. The third-order valence-corrected chi connectivity index (χ3v) is 8.03. The van der Waals surface area contributed by atoms with Crippen molar-refractivity contribution >= 4 is 11.9 Å². The Balaban J connectivity index is 2.36. The van der Waals surface area contributed by atoms with E-state index in [9.17, 15) is 14.7 Å². The number of unbranched alkanes of at least 4 members (excludes halogenated alkanes) is 11. The largest absolute Gasteiger partial charge is 0.481 e. The predicted molar refractivity (Wildman–Crippen MR) is 151 cm³/mol. The zero-order chi connectivity index (χ0) is 26.6. The molecule has 0 aromatic heterocycles. The van der Waals surface area contributed by atoms with Crippen LogP contribution in [-0.2, 0) is 14.3 Å². The zero-order valence-corrected chi connectivity index (χ0v) is 24.4. The molecule has 0 saturated heterocycles. The first-order valence-electron chi connectivity index (χ1n) is 15.7. The maximum absolute atomic E-state index is 13.0. The first-order valence-corrected chi connectivity index (χ1v) is 15.7. The first kappa shape index (κ1) is 33.0. The highest BCUT2D eigenvalue weighted by molar-refractivity contribution is 5.81. The number of hydrogen-bond acceptors (Lipinski definition) is 3. The molecular weight excluding hydrogens is 448 g/mol. The van der Waals surface area contributed by atoms with Gasteiger partial charge in [-0.15, -0.1) is 0 Å². The molecule has 0 bridgehead atoms. The molecule has 1 aliphatic rings. The quantitative estimate of drug-likeness (QED) is 0.117. The van der Waals surface area contributed by atoms with E-state index in [-0.39, 0.29) is 12.1 Å². The van der Waals surface area contributed by atoms with Crippen molar-refractivity contribution in [2.45, 2.75) is 169 Å². The third-order valence-electron chi connectivity index (χ3n) is 8.03. The van der Waals surface area contributed by atoms with Crippen molar-refractivity contribution in [3.8, 4) is 0 Å². The number of aliphatic carboxylic acids is 1. The second-order valence-electron chi connectivity index (χ2n) is 12.4. The van der Waals surface area contributed by atoms with Gasteiger partial charge in [-0.05, 0) is 50.4 Å². The van der Waals surface area contributed by atoms with Gasteiger partial charge in [0.05, 0.1) is 11.8 Å². The van der Waals surface area contributed by atoms with Gasteiger partial charge >= 0.3 is 11.9 Å². The lowest BCUT2D eigenvalue weighted by Crippen LogP contribution is -2.35. The average molecular weight is 509 g/mol. The van der Waals surface area contributed by atoms with E-state index >= 15 is 0 Å². The molecule has 0 aromatic carbocycles. The molecular formula is C32H60O4. The molecule has 212 valence electrons. The van der Waals surface area contributed by atoms with E-state index in [4.69, 9.17) is 4.74 Å². The third kappa shape index (κ3) is 16.6. The van der Waals surface area contributed by atoms with Crippen molar-refractivity contribution in [2.75, 3.05) is 0 Å². The smallest absolute Gasteiger partial charge is 0.310 e. The maximum Gasteiger partial charge on any atom is 0.310 e. The maximum atomic E-state index is 13.0. The minimum Gasteiger partial charge on any atom is -0.481 e. The van der Waals surface area contributed by atoms with Crippen LogP contribution >= 0.6 is 0 Å². The van der Waals surface area contributed by atoms with Crippen molar-refractivity contribution < 1.29 is 19.4 Å². The molecule has 1 N–H and O–H groups in total. The molecule has 3 atom stereocenters. The fourth-order valence-electron chi connectivity index (χ4n) is 5.66. The highest BCUT2D eigenvalue weighted by Crippen LogP contribution is 2.32. The van der Waals surface area contributed by atoms with Gasteiger partial charge in [-0.3, -0.25) is 9.59 Å². The van der Waals surface area contributed by atoms with Crippen LogP contribution in [0.3, 0.4) is 0 Å². The minimum absolute atomic E-state index is 0.0411. The molecule has 0 heterocycles. The van der Waals surface area contributed by atoms with Crippen LogP contribution in [0.1, 0.15) is 163 Å². The lowest BCUT2D eigenvalue weighted by molar-refractivity contribution is -0.164. The van der Waals surface area contributed by atoms with Crippen LogP contribution in [0.4, 0.5) is 0 Å². The molecule has 0 aliphatic heterocycles. The van der Waals surface area contributed by atoms with Crippen LogP contribution in [-0.4, -0.2) is 23.1 Å². The molecule has 0 amide bonds. The van der Waals surface area contributed by atoms with Gasteiger partial charge in [-0.2, -0.15) is 0 Å². The van der Waals surface area contributed by atoms with E-state index < -0.39 is 17.8 Å². The Morgan fingerprint density at radius 3 is 1.36 bits per heavy atom. The van der Waals surface area contributed by atoms with Gasteiger partial charge in [0, 0.05) is 0 Å². The van der Waals surface area contributed by atoms with E-state index in [1.54, 1.807) is 0 Å². The van der Waals surface area contributed by atoms with Crippen LogP contribution in [0.15, 0.2) is 0 Å². The molecule has 1 fully saturated rings. The van der Waals surface area contributed by atoms with Gasteiger partial charge in [-0.1, -0.05) is 124 Å². The van der Waals surface area contributed by atoms with Crippen molar-refractivity contribution in [3.05, 3.63) is 0 Å². The summed E-state index contributed by atoms with van der Waals surface area (Å²) in [4.78, 5) is 24.6. The molecule has 4 heteroatoms. The highest BCUT2D eigenvalue weighted by Gasteiger charge is 2.37. The van der Waals surface area contributed by atoms with Crippen LogP contribution in [0.5, 0.6) is 0 Å². The molecule has 0 spiro atoms. The summed E-state index contributed by atoms with van der Waals surface area (Å²) in [6, 6.07) is 0. The normalized spacial score (nSPS) is 19.1. The molecule has 0 radical (unpaired) electrons. The molecule has 4 nitrogen and oxygen atoms in total. The Bertz CT molecular complexity index is 556. The number of hydrogen-bond donors (Lipinski definition) is 1. The highest BCUT2D eigenvalue weighted by atomic mass is 16.5. The summed E-state index contributed by atoms with van der Waals surface area (Å²) < 4.78 is 6.02. The van der Waals surface area contributed by atoms with Gasteiger partial charge in [0.25, 0.3) is 0 Å². The monoisotopic (exact) mass is 508 g/mol. The van der Waals surface area contributed by atoms with Crippen LogP contribution < -0.4 is 0 Å². The summed E-state index contributed by atoms with van der Waals surface area (Å²) in [5, 5.41) is 9.58. The van der Waals surface area contributed by atoms with Gasteiger partial charge in [0.1, 0.15) is 6.10 Å². The van der Waals surface area contributed by atoms with Crippen molar-refractivity contribution in [2.24, 2.45) is 23.7 Å². The number of rotatable bonds is 22. The van der Waals surface area contributed by atoms with Gasteiger partial charge < -0.3 is 9.84 Å². The van der Waals surface area contributed by atoms with Crippen molar-refractivity contribution in [1.29, 1.82) is 0 Å². The standard InChI is InChI=1S/C32H60O4/c1-26(2)20-14-10-7-5-6-8-12-16-22-28(23-17-13-9-11-15-21-27(3)4)36-32(35)30-25-19-18-24-29(30)31(33)34/h26-30H,5-25H2,1-4H3,(H,33,34). The molecule has 3 unspecified atom stereocenters. The summed E-state index contributed by atoms with van der Waals surface area (Å²) >= 11 is 0. The number of carbonyl (C=O) groups excluding carboxylic acids is 1. The average Bonchev–Trinajstić information content (AvgIpc) is 2.83. The fraction of sp³-hybridized carbons (Fsp3) is 0.938. The minimum atomic E-state index is -0.834. The topological polar surface area (TPSA) is 63.6 Å². The number of ether oxygens (including phenoxy) is 1. The van der Waals surface area contributed by atoms with Gasteiger partial charge in [-0.25, -0.2) is 0 Å². The Labute approximate surface area is 223 Å². The SMILES string of the molecule is CC(C)CCCCCCCCCCC(CCCCCCCC(C)C)OC(=O)C1CCCCC1C(=O)O. The lowest BCUT2D eigenvalue weighted by atomic mass is 9.79. The number of carboxylic acid groups (broad SMARTS) is 1. The lowest BCUT2D eigenvalue weighted by Gasteiger charge is -2.29. The number of carboxylic acids is 1. The van der Waals surface area contributed by atoms with Crippen LogP contribution in [0.2, 0.25) is 0 Å². The summed E-state index contributed by atoms with van der Waals surface area (Å²) in [6.45, 7) is 9.18. The summed E-state index contributed by atoms with van der Waals surface area (Å²) in [7, 11) is 0. The molecule has 36 heavy (non-hydrogen) atoms. The van der Waals surface area contributed by atoms with Crippen LogP contribution in [0, 0.1) is 23.7 Å². The number of esters is 1. The van der Waals surface area contributed by atoms with Gasteiger partial charge in [0.2, 0.25) is 0 Å². The van der Waals surface area contributed by atoms with E-state index in [1.165, 1.54) is 83.5 Å². The second-order valence-corrected chi connectivity index (χ2v) is 12.4.